The van der Waals surface area contributed by atoms with Crippen LogP contribution in [0.5, 0.6) is 5.75 Å². The number of methoxy groups -OCH3 is 1. The Morgan fingerprint density at radius 2 is 1.76 bits per heavy atom. The summed E-state index contributed by atoms with van der Waals surface area (Å²) in [4.78, 5) is 23.8. The molecule has 0 saturated carbocycles. The van der Waals surface area contributed by atoms with Crippen LogP contribution in [-0.4, -0.2) is 18.9 Å². The Morgan fingerprint density at radius 1 is 1.12 bits per heavy atom. The predicted octanol–water partition coefficient (Wildman–Crippen LogP) is 2.77. The van der Waals surface area contributed by atoms with Gasteiger partial charge >= 0.3 is 0 Å². The van der Waals surface area contributed by atoms with Gasteiger partial charge in [0.05, 0.1) is 31.2 Å². The first-order valence-electron chi connectivity index (χ1n) is 7.73. The summed E-state index contributed by atoms with van der Waals surface area (Å²) in [7, 11) is 1.57. The van der Waals surface area contributed by atoms with E-state index < -0.39 is 6.04 Å². The van der Waals surface area contributed by atoms with E-state index in [0.717, 1.165) is 5.56 Å². The van der Waals surface area contributed by atoms with Gasteiger partial charge in [0.1, 0.15) is 5.75 Å². The number of nitrogens with zero attached hydrogens (tertiary/aromatic N) is 1. The molecule has 2 N–H and O–H groups in total. The fraction of sp³-hybridized carbons (Fsp3) is 0.211. The molecule has 25 heavy (non-hydrogen) atoms. The molecule has 0 aliphatic carbocycles. The number of nitrogens with one attached hydrogen (secondary N) is 2. The minimum Gasteiger partial charge on any atom is -0.497 e. The van der Waals surface area contributed by atoms with E-state index >= 15 is 0 Å². The lowest BCUT2D eigenvalue weighted by molar-refractivity contribution is -0.120. The third kappa shape index (κ3) is 5.36. The van der Waals surface area contributed by atoms with Gasteiger partial charge in [-0.2, -0.15) is 5.26 Å². The molecule has 2 amide bonds. The van der Waals surface area contributed by atoms with E-state index in [-0.39, 0.29) is 18.2 Å². The van der Waals surface area contributed by atoms with Gasteiger partial charge in [-0.05, 0) is 42.0 Å². The summed E-state index contributed by atoms with van der Waals surface area (Å²) in [6, 6.07) is 15.4. The van der Waals surface area contributed by atoms with Crippen LogP contribution in [0.3, 0.4) is 0 Å². The molecule has 0 bridgehead atoms. The summed E-state index contributed by atoms with van der Waals surface area (Å²) >= 11 is 0. The highest BCUT2D eigenvalue weighted by Crippen LogP contribution is 2.21. The third-order valence-electron chi connectivity index (χ3n) is 3.58. The number of rotatable bonds is 6. The highest BCUT2D eigenvalue weighted by atomic mass is 16.5. The van der Waals surface area contributed by atoms with Crippen molar-refractivity contribution in [3.05, 3.63) is 59.7 Å². The maximum absolute atomic E-state index is 12.3. The molecular formula is C19H19N3O3. The molecule has 0 spiro atoms. The largest absolute Gasteiger partial charge is 0.497 e. The maximum atomic E-state index is 12.3. The molecule has 2 rings (SSSR count). The standard InChI is InChI=1S/C19H19N3O3/c1-13(23)21-18(15-5-9-17(25-2)10-6-15)11-19(24)22-16-7-3-14(12-20)4-8-16/h3-10,18H,11H2,1-2H3,(H,21,23)(H,22,24)/t18-/m0/s1. The van der Waals surface area contributed by atoms with Gasteiger partial charge in [-0.1, -0.05) is 12.1 Å². The van der Waals surface area contributed by atoms with Crippen LogP contribution >= 0.6 is 0 Å². The van der Waals surface area contributed by atoms with E-state index in [1.807, 2.05) is 18.2 Å². The van der Waals surface area contributed by atoms with Crippen LogP contribution < -0.4 is 15.4 Å². The quantitative estimate of drug-likeness (QED) is 0.848. The summed E-state index contributed by atoms with van der Waals surface area (Å²) in [6.07, 6.45) is 0.0892. The number of amides is 2. The molecule has 2 aromatic rings. The molecule has 0 saturated heterocycles. The second-order valence-corrected chi connectivity index (χ2v) is 5.47. The molecule has 6 nitrogen and oxygen atoms in total. The Bertz CT molecular complexity index is 777. The van der Waals surface area contributed by atoms with Crippen molar-refractivity contribution in [2.24, 2.45) is 0 Å². The SMILES string of the molecule is COc1ccc([C@H](CC(=O)Nc2ccc(C#N)cc2)NC(C)=O)cc1. The molecule has 0 fully saturated rings. The molecule has 2 aromatic carbocycles. The molecule has 6 heteroatoms. The zero-order chi connectivity index (χ0) is 18.2. The zero-order valence-corrected chi connectivity index (χ0v) is 14.1. The summed E-state index contributed by atoms with van der Waals surface area (Å²) in [5, 5.41) is 14.3. The summed E-state index contributed by atoms with van der Waals surface area (Å²) < 4.78 is 5.12. The van der Waals surface area contributed by atoms with Crippen molar-refractivity contribution >= 4 is 17.5 Å². The van der Waals surface area contributed by atoms with Crippen LogP contribution in [0.15, 0.2) is 48.5 Å². The minimum absolute atomic E-state index is 0.0892. The third-order valence-corrected chi connectivity index (χ3v) is 3.58. The van der Waals surface area contributed by atoms with Crippen LogP contribution in [0.2, 0.25) is 0 Å². The average molecular weight is 337 g/mol. The molecule has 0 aliphatic rings. The number of benzene rings is 2. The van der Waals surface area contributed by atoms with Crippen LogP contribution in [0.25, 0.3) is 0 Å². The molecule has 0 heterocycles. The fourth-order valence-electron chi connectivity index (χ4n) is 2.36. The lowest BCUT2D eigenvalue weighted by Crippen LogP contribution is -2.29. The molecule has 1 atom stereocenters. The summed E-state index contributed by atoms with van der Waals surface area (Å²) in [6.45, 7) is 1.41. The van der Waals surface area contributed by atoms with Gasteiger partial charge in [0.2, 0.25) is 11.8 Å². The smallest absolute Gasteiger partial charge is 0.226 e. The van der Waals surface area contributed by atoms with Crippen molar-refractivity contribution in [3.63, 3.8) is 0 Å². The van der Waals surface area contributed by atoms with E-state index in [0.29, 0.717) is 17.0 Å². The lowest BCUT2D eigenvalue weighted by atomic mass is 10.0. The summed E-state index contributed by atoms with van der Waals surface area (Å²) in [5.41, 5.74) is 1.93. The highest BCUT2D eigenvalue weighted by molar-refractivity contribution is 5.91. The summed E-state index contributed by atoms with van der Waals surface area (Å²) in [5.74, 6) is 0.249. The maximum Gasteiger partial charge on any atom is 0.226 e. The molecule has 0 radical (unpaired) electrons. The Kier molecular flexibility index (Phi) is 6.13. The van der Waals surface area contributed by atoms with Gasteiger partial charge in [0, 0.05) is 12.6 Å². The average Bonchev–Trinajstić information content (AvgIpc) is 2.61. The van der Waals surface area contributed by atoms with Crippen molar-refractivity contribution in [2.45, 2.75) is 19.4 Å². The Labute approximate surface area is 146 Å². The Hall–Kier alpha value is -3.33. The van der Waals surface area contributed by atoms with Crippen LogP contribution in [0, 0.1) is 11.3 Å². The monoisotopic (exact) mass is 337 g/mol. The Balaban J connectivity index is 2.08. The molecule has 0 unspecified atom stereocenters. The van der Waals surface area contributed by atoms with Gasteiger partial charge in [0.15, 0.2) is 0 Å². The van der Waals surface area contributed by atoms with Gasteiger partial charge in [-0.25, -0.2) is 0 Å². The zero-order valence-electron chi connectivity index (χ0n) is 14.1. The predicted molar refractivity (Wildman–Crippen MR) is 94.0 cm³/mol. The number of hydrogen-bond donors (Lipinski definition) is 2. The first-order valence-corrected chi connectivity index (χ1v) is 7.73. The second-order valence-electron chi connectivity index (χ2n) is 5.47. The number of carbonyl (C=O) groups is 2. The minimum atomic E-state index is -0.443. The van der Waals surface area contributed by atoms with E-state index in [2.05, 4.69) is 10.6 Å². The topological polar surface area (TPSA) is 91.2 Å². The van der Waals surface area contributed by atoms with E-state index in [9.17, 15) is 9.59 Å². The van der Waals surface area contributed by atoms with Crippen LogP contribution in [-0.2, 0) is 9.59 Å². The lowest BCUT2D eigenvalue weighted by Gasteiger charge is -2.18. The number of carbonyl (C=O) groups excluding carboxylic acids is 2. The van der Waals surface area contributed by atoms with Crippen molar-refractivity contribution in [3.8, 4) is 11.8 Å². The van der Waals surface area contributed by atoms with E-state index in [1.54, 1.807) is 43.5 Å². The van der Waals surface area contributed by atoms with Crippen LogP contribution in [0.4, 0.5) is 5.69 Å². The van der Waals surface area contributed by atoms with Gasteiger partial charge in [-0.3, -0.25) is 9.59 Å². The molecule has 0 aliphatic heterocycles. The first kappa shape index (κ1) is 18.0. The van der Waals surface area contributed by atoms with Gasteiger partial charge < -0.3 is 15.4 Å². The number of anilines is 1. The molecular weight excluding hydrogens is 318 g/mol. The number of hydrogen-bond acceptors (Lipinski definition) is 4. The Morgan fingerprint density at radius 3 is 2.28 bits per heavy atom. The van der Waals surface area contributed by atoms with Gasteiger partial charge in [0.25, 0.3) is 0 Å². The van der Waals surface area contributed by atoms with Crippen molar-refractivity contribution < 1.29 is 14.3 Å². The van der Waals surface area contributed by atoms with Crippen molar-refractivity contribution in [2.75, 3.05) is 12.4 Å². The van der Waals surface area contributed by atoms with Crippen molar-refractivity contribution in [1.82, 2.24) is 5.32 Å². The molecule has 128 valence electrons. The van der Waals surface area contributed by atoms with Gasteiger partial charge in [-0.15, -0.1) is 0 Å². The number of nitriles is 1. The van der Waals surface area contributed by atoms with E-state index in [4.69, 9.17) is 10.00 Å². The highest BCUT2D eigenvalue weighted by Gasteiger charge is 2.17. The molecule has 0 aromatic heterocycles. The van der Waals surface area contributed by atoms with Crippen LogP contribution in [0.1, 0.15) is 30.5 Å². The van der Waals surface area contributed by atoms with Crippen molar-refractivity contribution in [1.29, 1.82) is 5.26 Å². The number of ether oxygens (including phenoxy) is 1. The van der Waals surface area contributed by atoms with E-state index in [1.165, 1.54) is 6.92 Å². The normalized spacial score (nSPS) is 11.1. The second kappa shape index (κ2) is 8.50. The fourth-order valence-corrected chi connectivity index (χ4v) is 2.36. The first-order chi connectivity index (χ1) is 12.0.